The molecule has 1 aromatic heterocycles. The van der Waals surface area contributed by atoms with E-state index in [0.29, 0.717) is 13.0 Å². The summed E-state index contributed by atoms with van der Waals surface area (Å²) in [6, 6.07) is 3.27. The number of pyridine rings is 1. The fourth-order valence-corrected chi connectivity index (χ4v) is 1.70. The van der Waals surface area contributed by atoms with Crippen LogP contribution >= 0.6 is 0 Å². The number of rotatable bonds is 5. The highest BCUT2D eigenvalue weighted by atomic mass is 16.5. The van der Waals surface area contributed by atoms with Crippen LogP contribution in [0.25, 0.3) is 0 Å². The first-order chi connectivity index (χ1) is 8.47. The molecule has 0 radical (unpaired) electrons. The normalized spacial score (nSPS) is 10.2. The summed E-state index contributed by atoms with van der Waals surface area (Å²) < 4.78 is 6.04. The first-order valence-corrected chi connectivity index (χ1v) is 5.75. The molecule has 98 valence electrons. The van der Waals surface area contributed by atoms with E-state index in [4.69, 9.17) is 0 Å². The molecule has 0 saturated heterocycles. The Morgan fingerprint density at radius 1 is 1.33 bits per heavy atom. The van der Waals surface area contributed by atoms with Crippen molar-refractivity contribution in [3.8, 4) is 0 Å². The van der Waals surface area contributed by atoms with Gasteiger partial charge in [-0.3, -0.25) is 14.4 Å². The van der Waals surface area contributed by atoms with Gasteiger partial charge in [0.2, 0.25) is 0 Å². The molecule has 0 saturated carbocycles. The van der Waals surface area contributed by atoms with Crippen molar-refractivity contribution in [2.45, 2.75) is 33.2 Å². The summed E-state index contributed by atoms with van der Waals surface area (Å²) in [5.74, 6) is -0.551. The number of hydrogen-bond acceptors (Lipinski definition) is 4. The van der Waals surface area contributed by atoms with Gasteiger partial charge >= 0.3 is 5.97 Å². The van der Waals surface area contributed by atoms with E-state index in [0.717, 1.165) is 5.69 Å². The Hall–Kier alpha value is -1.91. The number of carbonyl (C=O) groups excluding carboxylic acids is 2. The maximum atomic E-state index is 12.0. The summed E-state index contributed by atoms with van der Waals surface area (Å²) in [5, 5.41) is 0. The van der Waals surface area contributed by atoms with Gasteiger partial charge in [-0.25, -0.2) is 0 Å². The van der Waals surface area contributed by atoms with Crippen molar-refractivity contribution in [2.24, 2.45) is 0 Å². The standard InChI is InChI=1S/C13H17NO4/c1-9-6-7-11(10(2)15)13(17)14(9)8-4-5-12(16)18-3/h6-7H,4-5,8H2,1-3H3. The molecule has 5 nitrogen and oxygen atoms in total. The predicted molar refractivity (Wildman–Crippen MR) is 66.7 cm³/mol. The lowest BCUT2D eigenvalue weighted by Crippen LogP contribution is -2.27. The van der Waals surface area contributed by atoms with Gasteiger partial charge in [0.1, 0.15) is 0 Å². The third-order valence-electron chi connectivity index (χ3n) is 2.76. The molecule has 0 spiro atoms. The van der Waals surface area contributed by atoms with E-state index in [2.05, 4.69) is 4.74 Å². The molecule has 0 aromatic carbocycles. The van der Waals surface area contributed by atoms with E-state index in [1.54, 1.807) is 13.0 Å². The van der Waals surface area contributed by atoms with Gasteiger partial charge in [0, 0.05) is 18.7 Å². The van der Waals surface area contributed by atoms with Crippen LogP contribution in [-0.2, 0) is 16.1 Å². The van der Waals surface area contributed by atoms with E-state index in [9.17, 15) is 14.4 Å². The number of aromatic nitrogens is 1. The summed E-state index contributed by atoms with van der Waals surface area (Å²) in [7, 11) is 1.33. The molecule has 0 N–H and O–H groups in total. The second kappa shape index (κ2) is 6.14. The van der Waals surface area contributed by atoms with Gasteiger partial charge in [0.05, 0.1) is 12.7 Å². The number of carbonyl (C=O) groups is 2. The highest BCUT2D eigenvalue weighted by molar-refractivity contribution is 5.93. The maximum absolute atomic E-state index is 12.0. The molecule has 18 heavy (non-hydrogen) atoms. The van der Waals surface area contributed by atoms with Crippen molar-refractivity contribution in [2.75, 3.05) is 7.11 Å². The van der Waals surface area contributed by atoms with E-state index in [-0.39, 0.29) is 29.3 Å². The van der Waals surface area contributed by atoms with Crippen LogP contribution in [0.5, 0.6) is 0 Å². The maximum Gasteiger partial charge on any atom is 0.305 e. The molecular formula is C13H17NO4. The van der Waals surface area contributed by atoms with E-state index in [1.165, 1.54) is 24.7 Å². The summed E-state index contributed by atoms with van der Waals surface area (Å²) in [6.45, 7) is 3.56. The highest BCUT2D eigenvalue weighted by Gasteiger charge is 2.10. The van der Waals surface area contributed by atoms with Crippen molar-refractivity contribution in [3.05, 3.63) is 33.7 Å². The molecule has 5 heteroatoms. The lowest BCUT2D eigenvalue weighted by molar-refractivity contribution is -0.140. The number of methoxy groups -OCH3 is 1. The zero-order valence-electron chi connectivity index (χ0n) is 10.9. The zero-order valence-corrected chi connectivity index (χ0v) is 10.9. The average molecular weight is 251 g/mol. The molecule has 1 aromatic rings. The topological polar surface area (TPSA) is 65.4 Å². The van der Waals surface area contributed by atoms with Crippen LogP contribution in [0.2, 0.25) is 0 Å². The Labute approximate surface area is 105 Å². The highest BCUT2D eigenvalue weighted by Crippen LogP contribution is 2.02. The predicted octanol–water partition coefficient (Wildman–Crippen LogP) is 1.31. The molecule has 1 heterocycles. The summed E-state index contributed by atoms with van der Waals surface area (Å²) in [4.78, 5) is 34.3. The van der Waals surface area contributed by atoms with E-state index < -0.39 is 0 Å². The van der Waals surface area contributed by atoms with E-state index in [1.807, 2.05) is 0 Å². The molecule has 0 fully saturated rings. The van der Waals surface area contributed by atoms with Crippen molar-refractivity contribution in [1.82, 2.24) is 4.57 Å². The number of nitrogens with zero attached hydrogens (tertiary/aromatic N) is 1. The molecule has 0 aliphatic rings. The number of aryl methyl sites for hydroxylation is 1. The van der Waals surface area contributed by atoms with Crippen LogP contribution in [-0.4, -0.2) is 23.4 Å². The molecule has 0 aliphatic carbocycles. The number of Topliss-reactive ketones (excluding diaryl/α,β-unsaturated/α-hetero) is 1. The number of hydrogen-bond donors (Lipinski definition) is 0. The van der Waals surface area contributed by atoms with Crippen molar-refractivity contribution in [3.63, 3.8) is 0 Å². The molecule has 0 aliphatic heterocycles. The first-order valence-electron chi connectivity index (χ1n) is 5.75. The molecule has 1 rings (SSSR count). The van der Waals surface area contributed by atoms with Gasteiger partial charge < -0.3 is 9.30 Å². The Kier molecular flexibility index (Phi) is 4.83. The second-order valence-electron chi connectivity index (χ2n) is 4.08. The summed E-state index contributed by atoms with van der Waals surface area (Å²) in [6.07, 6.45) is 0.765. The minimum atomic E-state index is -0.302. The largest absolute Gasteiger partial charge is 0.469 e. The molecule has 0 atom stereocenters. The summed E-state index contributed by atoms with van der Waals surface area (Å²) >= 11 is 0. The van der Waals surface area contributed by atoms with Crippen LogP contribution < -0.4 is 5.56 Å². The number of ether oxygens (including phenoxy) is 1. The number of esters is 1. The third-order valence-corrected chi connectivity index (χ3v) is 2.76. The van der Waals surface area contributed by atoms with Crippen LogP contribution in [0, 0.1) is 6.92 Å². The Morgan fingerprint density at radius 3 is 2.56 bits per heavy atom. The Balaban J connectivity index is 2.88. The SMILES string of the molecule is COC(=O)CCCn1c(C)ccc(C(C)=O)c1=O. The van der Waals surface area contributed by atoms with Gasteiger partial charge in [0.15, 0.2) is 5.78 Å². The summed E-state index contributed by atoms with van der Waals surface area (Å²) in [5.41, 5.74) is 0.654. The van der Waals surface area contributed by atoms with E-state index >= 15 is 0 Å². The average Bonchev–Trinajstić information content (AvgIpc) is 2.32. The quantitative estimate of drug-likeness (QED) is 0.584. The van der Waals surface area contributed by atoms with Gasteiger partial charge in [-0.15, -0.1) is 0 Å². The Morgan fingerprint density at radius 2 is 2.00 bits per heavy atom. The first kappa shape index (κ1) is 14.2. The minimum absolute atomic E-state index is 0.179. The minimum Gasteiger partial charge on any atom is -0.469 e. The van der Waals surface area contributed by atoms with Crippen LogP contribution in [0.4, 0.5) is 0 Å². The van der Waals surface area contributed by atoms with Gasteiger partial charge in [-0.1, -0.05) is 0 Å². The molecule has 0 bridgehead atoms. The fourth-order valence-electron chi connectivity index (χ4n) is 1.70. The second-order valence-corrected chi connectivity index (χ2v) is 4.08. The lowest BCUT2D eigenvalue weighted by Gasteiger charge is -2.10. The fraction of sp³-hybridized carbons (Fsp3) is 0.462. The zero-order chi connectivity index (χ0) is 13.7. The monoisotopic (exact) mass is 251 g/mol. The lowest BCUT2D eigenvalue weighted by atomic mass is 10.2. The smallest absolute Gasteiger partial charge is 0.305 e. The van der Waals surface area contributed by atoms with Gasteiger partial charge in [-0.05, 0) is 32.4 Å². The number of ketones is 1. The van der Waals surface area contributed by atoms with Crippen LogP contribution in [0.3, 0.4) is 0 Å². The molecular weight excluding hydrogens is 234 g/mol. The van der Waals surface area contributed by atoms with Crippen molar-refractivity contribution in [1.29, 1.82) is 0 Å². The van der Waals surface area contributed by atoms with Crippen LogP contribution in [0.15, 0.2) is 16.9 Å². The molecule has 0 unspecified atom stereocenters. The van der Waals surface area contributed by atoms with Crippen LogP contribution in [0.1, 0.15) is 35.8 Å². The van der Waals surface area contributed by atoms with Crippen molar-refractivity contribution >= 4 is 11.8 Å². The Bertz CT molecular complexity index is 516. The van der Waals surface area contributed by atoms with Gasteiger partial charge in [-0.2, -0.15) is 0 Å². The van der Waals surface area contributed by atoms with Gasteiger partial charge in [0.25, 0.3) is 5.56 Å². The van der Waals surface area contributed by atoms with Crippen molar-refractivity contribution < 1.29 is 14.3 Å². The molecule has 0 amide bonds. The third kappa shape index (κ3) is 3.29.